The highest BCUT2D eigenvalue weighted by Crippen LogP contribution is 2.34. The summed E-state index contributed by atoms with van der Waals surface area (Å²) < 4.78 is 10.6. The normalized spacial score (nSPS) is 12.4. The standard InChI is InChI=1S/C14H11NO4S/c16-14(17)10-3-4-15-13(6-10)20-7-9-1-2-11-12(5-9)19-8-18-11/h1-6H,7-8H2,(H,16,17). The fourth-order valence-corrected chi connectivity index (χ4v) is 2.65. The molecule has 5 nitrogen and oxygen atoms in total. The number of ether oxygens (including phenoxy) is 2. The molecule has 1 aromatic heterocycles. The molecule has 3 rings (SSSR count). The number of carboxylic acids is 1. The van der Waals surface area contributed by atoms with Gasteiger partial charge in [0.25, 0.3) is 0 Å². The first-order valence-corrected chi connectivity index (χ1v) is 6.91. The minimum absolute atomic E-state index is 0.244. The number of hydrogen-bond acceptors (Lipinski definition) is 5. The molecule has 1 aliphatic rings. The van der Waals surface area contributed by atoms with Crippen LogP contribution in [0.1, 0.15) is 15.9 Å². The van der Waals surface area contributed by atoms with Crippen molar-refractivity contribution in [2.45, 2.75) is 10.8 Å². The van der Waals surface area contributed by atoms with E-state index in [1.165, 1.54) is 24.0 Å². The summed E-state index contributed by atoms with van der Waals surface area (Å²) in [6.07, 6.45) is 1.51. The topological polar surface area (TPSA) is 68.7 Å². The first-order chi connectivity index (χ1) is 9.72. The van der Waals surface area contributed by atoms with Crippen LogP contribution in [0, 0.1) is 0 Å². The maximum absolute atomic E-state index is 10.9. The zero-order valence-electron chi connectivity index (χ0n) is 10.4. The summed E-state index contributed by atoms with van der Waals surface area (Å²) in [7, 11) is 0. The number of benzene rings is 1. The number of rotatable bonds is 4. The third-order valence-electron chi connectivity index (χ3n) is 2.81. The lowest BCUT2D eigenvalue weighted by Crippen LogP contribution is -1.96. The molecule has 0 amide bonds. The fourth-order valence-electron chi connectivity index (χ4n) is 1.81. The van der Waals surface area contributed by atoms with E-state index >= 15 is 0 Å². The average molecular weight is 289 g/mol. The van der Waals surface area contributed by atoms with E-state index in [1.807, 2.05) is 18.2 Å². The van der Waals surface area contributed by atoms with E-state index in [2.05, 4.69) is 4.98 Å². The van der Waals surface area contributed by atoms with E-state index in [0.29, 0.717) is 10.8 Å². The SMILES string of the molecule is O=C(O)c1ccnc(SCc2ccc3c(c2)OCO3)c1. The van der Waals surface area contributed by atoms with Gasteiger partial charge in [0.2, 0.25) is 6.79 Å². The zero-order chi connectivity index (χ0) is 13.9. The van der Waals surface area contributed by atoms with Gasteiger partial charge in [0.15, 0.2) is 11.5 Å². The molecule has 2 aromatic rings. The maximum atomic E-state index is 10.9. The van der Waals surface area contributed by atoms with Crippen molar-refractivity contribution in [2.75, 3.05) is 6.79 Å². The molecule has 0 atom stereocenters. The number of nitrogens with zero attached hydrogens (tertiary/aromatic N) is 1. The Morgan fingerprint density at radius 3 is 2.95 bits per heavy atom. The second-order valence-electron chi connectivity index (χ2n) is 4.16. The Bertz CT molecular complexity index is 659. The highest BCUT2D eigenvalue weighted by Gasteiger charge is 2.13. The summed E-state index contributed by atoms with van der Waals surface area (Å²) in [5.74, 6) is 1.24. The van der Waals surface area contributed by atoms with E-state index in [0.717, 1.165) is 17.1 Å². The predicted octanol–water partition coefficient (Wildman–Crippen LogP) is 2.80. The molecule has 0 spiro atoms. The number of aromatic carboxylic acids is 1. The Labute approximate surface area is 119 Å². The lowest BCUT2D eigenvalue weighted by atomic mass is 10.2. The van der Waals surface area contributed by atoms with Crippen molar-refractivity contribution in [3.8, 4) is 11.5 Å². The second kappa shape index (κ2) is 5.42. The fraction of sp³-hybridized carbons (Fsp3) is 0.143. The Kier molecular flexibility index (Phi) is 3.47. The van der Waals surface area contributed by atoms with Crippen LogP contribution in [0.2, 0.25) is 0 Å². The lowest BCUT2D eigenvalue weighted by molar-refractivity contribution is 0.0696. The van der Waals surface area contributed by atoms with Gasteiger partial charge in [-0.05, 0) is 29.8 Å². The molecular formula is C14H11NO4S. The van der Waals surface area contributed by atoms with E-state index in [4.69, 9.17) is 14.6 Å². The zero-order valence-corrected chi connectivity index (χ0v) is 11.2. The number of aromatic nitrogens is 1. The van der Waals surface area contributed by atoms with Crippen molar-refractivity contribution in [3.63, 3.8) is 0 Å². The number of carboxylic acid groups (broad SMARTS) is 1. The van der Waals surface area contributed by atoms with Crippen LogP contribution in [0.5, 0.6) is 11.5 Å². The van der Waals surface area contributed by atoms with E-state index < -0.39 is 5.97 Å². The number of fused-ring (bicyclic) bond motifs is 1. The minimum atomic E-state index is -0.947. The third-order valence-corrected chi connectivity index (χ3v) is 3.80. The molecular weight excluding hydrogens is 278 g/mol. The molecule has 0 radical (unpaired) electrons. The summed E-state index contributed by atoms with van der Waals surface area (Å²) in [5, 5.41) is 9.62. The van der Waals surface area contributed by atoms with Crippen LogP contribution in [0.4, 0.5) is 0 Å². The van der Waals surface area contributed by atoms with Crippen LogP contribution < -0.4 is 9.47 Å². The Balaban J connectivity index is 1.70. The van der Waals surface area contributed by atoms with Crippen LogP contribution in [-0.4, -0.2) is 22.9 Å². The molecule has 0 bridgehead atoms. The van der Waals surface area contributed by atoms with Crippen molar-refractivity contribution in [3.05, 3.63) is 47.7 Å². The number of pyridine rings is 1. The molecule has 0 saturated heterocycles. The Hall–Kier alpha value is -2.21. The molecule has 0 unspecified atom stereocenters. The van der Waals surface area contributed by atoms with Gasteiger partial charge in [-0.15, -0.1) is 11.8 Å². The van der Waals surface area contributed by atoms with Gasteiger partial charge < -0.3 is 14.6 Å². The van der Waals surface area contributed by atoms with E-state index in [1.54, 1.807) is 6.07 Å². The summed E-state index contributed by atoms with van der Waals surface area (Å²) in [6.45, 7) is 0.258. The first kappa shape index (κ1) is 12.8. The van der Waals surface area contributed by atoms with Crippen LogP contribution in [0.25, 0.3) is 0 Å². The van der Waals surface area contributed by atoms with Gasteiger partial charge in [-0.2, -0.15) is 0 Å². The molecule has 0 fully saturated rings. The number of hydrogen-bond donors (Lipinski definition) is 1. The van der Waals surface area contributed by atoms with Gasteiger partial charge in [0.05, 0.1) is 10.6 Å². The van der Waals surface area contributed by atoms with E-state index in [-0.39, 0.29) is 12.4 Å². The highest BCUT2D eigenvalue weighted by molar-refractivity contribution is 7.98. The molecule has 102 valence electrons. The van der Waals surface area contributed by atoms with Crippen LogP contribution in [-0.2, 0) is 5.75 Å². The summed E-state index contributed by atoms with van der Waals surface area (Å²) in [4.78, 5) is 15.0. The van der Waals surface area contributed by atoms with Crippen molar-refractivity contribution < 1.29 is 19.4 Å². The minimum Gasteiger partial charge on any atom is -0.478 e. The van der Waals surface area contributed by atoms with Gasteiger partial charge in [-0.3, -0.25) is 0 Å². The van der Waals surface area contributed by atoms with Gasteiger partial charge >= 0.3 is 5.97 Å². The van der Waals surface area contributed by atoms with Crippen molar-refractivity contribution in [1.82, 2.24) is 4.98 Å². The lowest BCUT2D eigenvalue weighted by Gasteiger charge is -2.03. The van der Waals surface area contributed by atoms with E-state index in [9.17, 15) is 4.79 Å². The van der Waals surface area contributed by atoms with Crippen molar-refractivity contribution >= 4 is 17.7 Å². The molecule has 1 aliphatic heterocycles. The van der Waals surface area contributed by atoms with Crippen LogP contribution >= 0.6 is 11.8 Å². The quantitative estimate of drug-likeness (QED) is 0.873. The summed E-state index contributed by atoms with van der Waals surface area (Å²) >= 11 is 1.48. The average Bonchev–Trinajstić information content (AvgIpc) is 2.93. The summed E-state index contributed by atoms with van der Waals surface area (Å²) in [5.41, 5.74) is 1.31. The first-order valence-electron chi connectivity index (χ1n) is 5.93. The largest absolute Gasteiger partial charge is 0.478 e. The van der Waals surface area contributed by atoms with Crippen LogP contribution in [0.3, 0.4) is 0 Å². The van der Waals surface area contributed by atoms with Crippen molar-refractivity contribution in [1.29, 1.82) is 0 Å². The van der Waals surface area contributed by atoms with Gasteiger partial charge in [0, 0.05) is 11.9 Å². The predicted molar refractivity (Wildman–Crippen MR) is 73.3 cm³/mol. The Morgan fingerprint density at radius 2 is 2.10 bits per heavy atom. The second-order valence-corrected chi connectivity index (χ2v) is 5.16. The molecule has 0 aliphatic carbocycles. The molecule has 1 N–H and O–H groups in total. The molecule has 0 saturated carbocycles. The molecule has 20 heavy (non-hydrogen) atoms. The molecule has 2 heterocycles. The Morgan fingerprint density at radius 1 is 1.25 bits per heavy atom. The van der Waals surface area contributed by atoms with Gasteiger partial charge in [-0.25, -0.2) is 9.78 Å². The number of thioether (sulfide) groups is 1. The summed E-state index contributed by atoms with van der Waals surface area (Å²) in [6, 6.07) is 8.81. The molecule has 1 aromatic carbocycles. The van der Waals surface area contributed by atoms with Crippen molar-refractivity contribution in [2.24, 2.45) is 0 Å². The third kappa shape index (κ3) is 2.70. The van der Waals surface area contributed by atoms with Crippen LogP contribution in [0.15, 0.2) is 41.6 Å². The van der Waals surface area contributed by atoms with Gasteiger partial charge in [0.1, 0.15) is 0 Å². The number of carbonyl (C=O) groups is 1. The maximum Gasteiger partial charge on any atom is 0.335 e. The monoisotopic (exact) mass is 289 g/mol. The highest BCUT2D eigenvalue weighted by atomic mass is 32.2. The van der Waals surface area contributed by atoms with Gasteiger partial charge in [-0.1, -0.05) is 6.07 Å². The smallest absolute Gasteiger partial charge is 0.335 e. The molecule has 6 heteroatoms.